The Morgan fingerprint density at radius 2 is 1.93 bits per heavy atom. The predicted octanol–water partition coefficient (Wildman–Crippen LogP) is 2.79. The molecule has 0 spiro atoms. The monoisotopic (exact) mass is 254 g/mol. The molecule has 0 N–H and O–H groups in total. The van der Waals surface area contributed by atoms with Gasteiger partial charge in [0.2, 0.25) is 0 Å². The topological polar surface area (TPSA) is 12.4 Å². The van der Waals surface area contributed by atoms with Gasteiger partial charge in [0.1, 0.15) is 0 Å². The standard InChI is InChI=1S/C12H16NSe/c1-2-3-7-10-13-12(14)11-8-5-4-6-9-11/h4-6,8-9H,2-3,7,10H2,1H3. The SMILES string of the molecule is CCCCCN=C([Se])c1ccccc1. The van der Waals surface area contributed by atoms with Gasteiger partial charge in [0.15, 0.2) is 0 Å². The molecule has 0 heterocycles. The van der Waals surface area contributed by atoms with Gasteiger partial charge in [-0.25, -0.2) is 0 Å². The normalized spacial score (nSPS) is 11.6. The average Bonchev–Trinajstić information content (AvgIpc) is 2.25. The first-order chi connectivity index (χ1) is 6.84. The molecule has 14 heavy (non-hydrogen) atoms. The van der Waals surface area contributed by atoms with Crippen molar-refractivity contribution in [2.75, 3.05) is 6.54 Å². The molecule has 0 aliphatic heterocycles. The zero-order valence-electron chi connectivity index (χ0n) is 8.57. The second-order valence-electron chi connectivity index (χ2n) is 3.26. The average molecular weight is 253 g/mol. The Hall–Kier alpha value is -0.591. The van der Waals surface area contributed by atoms with E-state index in [0.29, 0.717) is 0 Å². The van der Waals surface area contributed by atoms with Crippen molar-refractivity contribution in [2.24, 2.45) is 4.99 Å². The van der Waals surface area contributed by atoms with Crippen molar-refractivity contribution < 1.29 is 0 Å². The third kappa shape index (κ3) is 4.08. The number of nitrogens with zero attached hydrogens (tertiary/aromatic N) is 1. The van der Waals surface area contributed by atoms with Crippen LogP contribution in [0.4, 0.5) is 0 Å². The molecule has 0 unspecified atom stereocenters. The van der Waals surface area contributed by atoms with Crippen LogP contribution in [0.15, 0.2) is 35.3 Å². The summed E-state index contributed by atoms with van der Waals surface area (Å²) in [5.74, 6) is 0. The summed E-state index contributed by atoms with van der Waals surface area (Å²) in [7, 11) is 0. The number of benzene rings is 1. The summed E-state index contributed by atoms with van der Waals surface area (Å²) in [6.45, 7) is 3.14. The third-order valence-electron chi connectivity index (χ3n) is 2.04. The van der Waals surface area contributed by atoms with E-state index in [4.69, 9.17) is 0 Å². The minimum absolute atomic E-state index is 0.936. The van der Waals surface area contributed by atoms with Crippen LogP contribution in [0.5, 0.6) is 0 Å². The Balaban J connectivity index is 2.44. The van der Waals surface area contributed by atoms with Gasteiger partial charge in [0.25, 0.3) is 0 Å². The molecule has 1 aromatic carbocycles. The summed E-state index contributed by atoms with van der Waals surface area (Å²) < 4.78 is 1.03. The van der Waals surface area contributed by atoms with Crippen LogP contribution in [0, 0.1) is 0 Å². The van der Waals surface area contributed by atoms with Crippen LogP contribution >= 0.6 is 0 Å². The Labute approximate surface area is 94.5 Å². The predicted molar refractivity (Wildman–Crippen MR) is 63.1 cm³/mol. The van der Waals surface area contributed by atoms with E-state index in [2.05, 4.69) is 40.1 Å². The molecule has 0 aliphatic carbocycles. The first kappa shape index (κ1) is 11.5. The van der Waals surface area contributed by atoms with E-state index < -0.39 is 0 Å². The molecule has 1 nitrogen and oxygen atoms in total. The molecule has 0 aliphatic rings. The fourth-order valence-electron chi connectivity index (χ4n) is 1.21. The molecule has 1 aromatic rings. The molecule has 0 saturated carbocycles. The van der Waals surface area contributed by atoms with Crippen molar-refractivity contribution in [2.45, 2.75) is 26.2 Å². The van der Waals surface area contributed by atoms with Gasteiger partial charge < -0.3 is 0 Å². The quantitative estimate of drug-likeness (QED) is 0.434. The molecule has 2 heteroatoms. The summed E-state index contributed by atoms with van der Waals surface area (Å²) in [5, 5.41) is 0. The second kappa shape index (κ2) is 6.80. The summed E-state index contributed by atoms with van der Waals surface area (Å²) in [6, 6.07) is 10.3. The van der Waals surface area contributed by atoms with Crippen LogP contribution in [0.1, 0.15) is 31.7 Å². The second-order valence-corrected chi connectivity index (χ2v) is 4.07. The van der Waals surface area contributed by atoms with Crippen LogP contribution in [0.2, 0.25) is 0 Å². The van der Waals surface area contributed by atoms with Crippen molar-refractivity contribution >= 4 is 20.6 Å². The molecular formula is C12H16NSe. The molecule has 1 rings (SSSR count). The zero-order chi connectivity index (χ0) is 10.2. The first-order valence-corrected chi connectivity index (χ1v) is 5.97. The molecule has 0 amide bonds. The van der Waals surface area contributed by atoms with E-state index in [-0.39, 0.29) is 0 Å². The van der Waals surface area contributed by atoms with Crippen LogP contribution < -0.4 is 0 Å². The molecule has 0 bridgehead atoms. The molecule has 0 aromatic heterocycles. The summed E-state index contributed by atoms with van der Waals surface area (Å²) in [4.78, 5) is 4.49. The first-order valence-electron chi connectivity index (χ1n) is 5.11. The maximum absolute atomic E-state index is 4.49. The zero-order valence-corrected chi connectivity index (χ0v) is 10.3. The van der Waals surface area contributed by atoms with Gasteiger partial charge in [-0.2, -0.15) is 0 Å². The number of hydrogen-bond acceptors (Lipinski definition) is 1. The van der Waals surface area contributed by atoms with E-state index in [0.717, 1.165) is 11.2 Å². The van der Waals surface area contributed by atoms with Gasteiger partial charge in [-0.05, 0) is 0 Å². The van der Waals surface area contributed by atoms with Crippen LogP contribution in [0.25, 0.3) is 0 Å². The van der Waals surface area contributed by atoms with E-state index >= 15 is 0 Å². The van der Waals surface area contributed by atoms with Gasteiger partial charge in [-0.3, -0.25) is 0 Å². The Morgan fingerprint density at radius 1 is 1.21 bits per heavy atom. The van der Waals surface area contributed by atoms with Crippen LogP contribution in [-0.2, 0) is 0 Å². The number of unbranched alkanes of at least 4 members (excludes halogenated alkanes) is 2. The van der Waals surface area contributed by atoms with Crippen molar-refractivity contribution in [1.82, 2.24) is 0 Å². The Kier molecular flexibility index (Phi) is 5.58. The number of rotatable bonds is 5. The molecule has 0 fully saturated rings. The fraction of sp³-hybridized carbons (Fsp3) is 0.417. The molecule has 0 saturated heterocycles. The molecular weight excluding hydrogens is 237 g/mol. The Morgan fingerprint density at radius 3 is 2.57 bits per heavy atom. The van der Waals surface area contributed by atoms with Crippen molar-refractivity contribution in [3.8, 4) is 0 Å². The van der Waals surface area contributed by atoms with Crippen LogP contribution in [0.3, 0.4) is 0 Å². The van der Waals surface area contributed by atoms with Gasteiger partial charge >= 0.3 is 94.2 Å². The maximum atomic E-state index is 4.49. The molecule has 1 radical (unpaired) electrons. The van der Waals surface area contributed by atoms with Gasteiger partial charge in [-0.15, -0.1) is 0 Å². The molecule has 0 atom stereocenters. The fourth-order valence-corrected chi connectivity index (χ4v) is 1.69. The molecule has 75 valence electrons. The van der Waals surface area contributed by atoms with Crippen molar-refractivity contribution in [1.29, 1.82) is 0 Å². The number of aliphatic imine (C=N–C) groups is 1. The summed E-state index contributed by atoms with van der Waals surface area (Å²) in [5.41, 5.74) is 1.18. The van der Waals surface area contributed by atoms with Crippen molar-refractivity contribution in [3.05, 3.63) is 35.9 Å². The Bertz CT molecular complexity index is 280. The van der Waals surface area contributed by atoms with Gasteiger partial charge in [-0.1, -0.05) is 0 Å². The third-order valence-corrected chi connectivity index (χ3v) is 2.80. The summed E-state index contributed by atoms with van der Waals surface area (Å²) in [6.07, 6.45) is 3.71. The van der Waals surface area contributed by atoms with E-state index in [9.17, 15) is 0 Å². The van der Waals surface area contributed by atoms with Gasteiger partial charge in [0, 0.05) is 0 Å². The van der Waals surface area contributed by atoms with E-state index in [1.807, 2.05) is 18.2 Å². The minimum atomic E-state index is 0.936. The summed E-state index contributed by atoms with van der Waals surface area (Å²) >= 11 is 3.02. The van der Waals surface area contributed by atoms with E-state index in [1.165, 1.54) is 24.8 Å². The van der Waals surface area contributed by atoms with E-state index in [1.54, 1.807) is 0 Å². The van der Waals surface area contributed by atoms with Crippen LogP contribution in [-0.4, -0.2) is 27.2 Å². The van der Waals surface area contributed by atoms with Gasteiger partial charge in [0.05, 0.1) is 0 Å². The number of hydrogen-bond donors (Lipinski definition) is 0. The van der Waals surface area contributed by atoms with Crippen molar-refractivity contribution in [3.63, 3.8) is 0 Å².